The van der Waals surface area contributed by atoms with Crippen molar-refractivity contribution in [1.29, 1.82) is 0 Å². The molecule has 2 rings (SSSR count). The van der Waals surface area contributed by atoms with E-state index in [0.29, 0.717) is 27.7 Å². The van der Waals surface area contributed by atoms with Crippen molar-refractivity contribution >= 4 is 34.8 Å². The summed E-state index contributed by atoms with van der Waals surface area (Å²) in [6.07, 6.45) is 0. The summed E-state index contributed by atoms with van der Waals surface area (Å²) < 4.78 is 5.05. The first-order valence-electron chi connectivity index (χ1n) is 6.76. The van der Waals surface area contributed by atoms with E-state index in [-0.39, 0.29) is 12.5 Å². The highest BCUT2D eigenvalue weighted by Crippen LogP contribution is 2.27. The van der Waals surface area contributed by atoms with Crippen molar-refractivity contribution in [2.45, 2.75) is 0 Å². The third kappa shape index (κ3) is 4.62. The highest BCUT2D eigenvalue weighted by Gasteiger charge is 2.06. The van der Waals surface area contributed by atoms with Gasteiger partial charge in [0.05, 0.1) is 18.7 Å². The number of carbonyl (C=O) groups is 2. The van der Waals surface area contributed by atoms with Gasteiger partial charge in [-0.25, -0.2) is 0 Å². The molecule has 0 bridgehead atoms. The molecule has 0 saturated heterocycles. The molecule has 6 nitrogen and oxygen atoms in total. The lowest BCUT2D eigenvalue weighted by Crippen LogP contribution is -2.21. The normalized spacial score (nSPS) is 10.0. The Morgan fingerprint density at radius 3 is 2.35 bits per heavy atom. The lowest BCUT2D eigenvalue weighted by Gasteiger charge is -2.09. The number of nitrogens with two attached hydrogens (primary N) is 1. The summed E-state index contributed by atoms with van der Waals surface area (Å²) in [6.45, 7) is 0.0690. The standard InChI is InChI=1S/C16H16ClN3O3/c1-23-14-7-6-12(8-13(14)17)20-15(21)9-19-11-4-2-10(3-5-11)16(18)22/h2-8,19H,9H2,1H3,(H2,18,22)(H,20,21). The van der Waals surface area contributed by atoms with Crippen LogP contribution < -0.4 is 21.1 Å². The second-order valence-electron chi connectivity index (χ2n) is 4.69. The van der Waals surface area contributed by atoms with Crippen LogP contribution in [0.3, 0.4) is 0 Å². The summed E-state index contributed by atoms with van der Waals surface area (Å²) in [4.78, 5) is 22.9. The minimum absolute atomic E-state index is 0.0690. The van der Waals surface area contributed by atoms with E-state index in [0.717, 1.165) is 0 Å². The molecule has 0 aromatic heterocycles. The summed E-state index contributed by atoms with van der Waals surface area (Å²) in [6, 6.07) is 11.5. The van der Waals surface area contributed by atoms with E-state index in [1.165, 1.54) is 7.11 Å². The summed E-state index contributed by atoms with van der Waals surface area (Å²) in [5.74, 6) is -0.187. The van der Waals surface area contributed by atoms with Crippen LogP contribution in [0.15, 0.2) is 42.5 Å². The van der Waals surface area contributed by atoms with E-state index in [9.17, 15) is 9.59 Å². The van der Waals surface area contributed by atoms with Crippen molar-refractivity contribution in [2.75, 3.05) is 24.3 Å². The zero-order chi connectivity index (χ0) is 16.8. The van der Waals surface area contributed by atoms with Crippen molar-refractivity contribution < 1.29 is 14.3 Å². The van der Waals surface area contributed by atoms with Crippen LogP contribution in [0.2, 0.25) is 5.02 Å². The summed E-state index contributed by atoms with van der Waals surface area (Å²) in [5, 5.41) is 6.08. The Labute approximate surface area is 138 Å². The van der Waals surface area contributed by atoms with Gasteiger partial charge in [0, 0.05) is 16.9 Å². The number of methoxy groups -OCH3 is 1. The Balaban J connectivity index is 1.89. The zero-order valence-electron chi connectivity index (χ0n) is 12.4. The molecule has 0 aliphatic heterocycles. The molecule has 120 valence electrons. The van der Waals surface area contributed by atoms with Crippen LogP contribution in [-0.2, 0) is 4.79 Å². The number of hydrogen-bond donors (Lipinski definition) is 3. The Bertz CT molecular complexity index is 717. The second kappa shape index (κ2) is 7.51. The van der Waals surface area contributed by atoms with Crippen molar-refractivity contribution in [1.82, 2.24) is 0 Å². The number of ether oxygens (including phenoxy) is 1. The van der Waals surface area contributed by atoms with Gasteiger partial charge in [-0.2, -0.15) is 0 Å². The number of rotatable bonds is 6. The van der Waals surface area contributed by atoms with Crippen molar-refractivity contribution in [3.05, 3.63) is 53.1 Å². The van der Waals surface area contributed by atoms with Gasteiger partial charge in [-0.3, -0.25) is 9.59 Å². The average Bonchev–Trinajstić information content (AvgIpc) is 2.53. The number of hydrogen-bond acceptors (Lipinski definition) is 4. The molecule has 0 radical (unpaired) electrons. The van der Waals surface area contributed by atoms with E-state index in [4.69, 9.17) is 22.1 Å². The SMILES string of the molecule is COc1ccc(NC(=O)CNc2ccc(C(N)=O)cc2)cc1Cl. The Hall–Kier alpha value is -2.73. The fourth-order valence-electron chi connectivity index (χ4n) is 1.88. The second-order valence-corrected chi connectivity index (χ2v) is 5.10. The fourth-order valence-corrected chi connectivity index (χ4v) is 2.14. The maximum Gasteiger partial charge on any atom is 0.248 e. The molecule has 7 heteroatoms. The molecule has 0 saturated carbocycles. The number of anilines is 2. The fraction of sp³-hybridized carbons (Fsp3) is 0.125. The molecule has 0 aliphatic rings. The van der Waals surface area contributed by atoms with E-state index in [1.54, 1.807) is 42.5 Å². The molecule has 2 amide bonds. The van der Waals surface area contributed by atoms with Gasteiger partial charge >= 0.3 is 0 Å². The van der Waals surface area contributed by atoms with Crippen LogP contribution in [0, 0.1) is 0 Å². The van der Waals surface area contributed by atoms with E-state index in [1.807, 2.05) is 0 Å². The first kappa shape index (κ1) is 16.6. The number of nitrogens with one attached hydrogen (secondary N) is 2. The number of benzene rings is 2. The summed E-state index contributed by atoms with van der Waals surface area (Å²) in [5.41, 5.74) is 6.85. The summed E-state index contributed by atoms with van der Waals surface area (Å²) in [7, 11) is 1.52. The highest BCUT2D eigenvalue weighted by atomic mass is 35.5. The van der Waals surface area contributed by atoms with Gasteiger partial charge in [-0.1, -0.05) is 11.6 Å². The van der Waals surface area contributed by atoms with Crippen LogP contribution in [0.4, 0.5) is 11.4 Å². The van der Waals surface area contributed by atoms with Crippen molar-refractivity contribution in [3.63, 3.8) is 0 Å². The molecule has 0 unspecified atom stereocenters. The monoisotopic (exact) mass is 333 g/mol. The smallest absolute Gasteiger partial charge is 0.248 e. The van der Waals surface area contributed by atoms with Gasteiger partial charge < -0.3 is 21.1 Å². The largest absolute Gasteiger partial charge is 0.495 e. The highest BCUT2D eigenvalue weighted by molar-refractivity contribution is 6.32. The molecular weight excluding hydrogens is 318 g/mol. The molecule has 0 atom stereocenters. The molecule has 0 aliphatic carbocycles. The predicted molar refractivity (Wildman–Crippen MR) is 90.1 cm³/mol. The number of carbonyl (C=O) groups excluding carboxylic acids is 2. The van der Waals surface area contributed by atoms with Gasteiger partial charge in [-0.05, 0) is 42.5 Å². The quantitative estimate of drug-likeness (QED) is 0.757. The number of primary amides is 1. The molecule has 0 spiro atoms. The lowest BCUT2D eigenvalue weighted by atomic mass is 10.2. The Morgan fingerprint density at radius 1 is 1.13 bits per heavy atom. The minimum Gasteiger partial charge on any atom is -0.495 e. The Kier molecular flexibility index (Phi) is 5.43. The molecule has 0 heterocycles. The lowest BCUT2D eigenvalue weighted by molar-refractivity contribution is -0.114. The van der Waals surface area contributed by atoms with E-state index >= 15 is 0 Å². The average molecular weight is 334 g/mol. The van der Waals surface area contributed by atoms with Crippen LogP contribution in [0.25, 0.3) is 0 Å². The summed E-state index contributed by atoms with van der Waals surface area (Å²) >= 11 is 6.00. The zero-order valence-corrected chi connectivity index (χ0v) is 13.2. The number of amides is 2. The van der Waals surface area contributed by atoms with Gasteiger partial charge in [0.15, 0.2) is 0 Å². The maximum absolute atomic E-state index is 11.9. The third-order valence-corrected chi connectivity index (χ3v) is 3.35. The van der Waals surface area contributed by atoms with E-state index < -0.39 is 5.91 Å². The third-order valence-electron chi connectivity index (χ3n) is 3.06. The molecule has 23 heavy (non-hydrogen) atoms. The van der Waals surface area contributed by atoms with Crippen LogP contribution >= 0.6 is 11.6 Å². The van der Waals surface area contributed by atoms with Crippen LogP contribution in [-0.4, -0.2) is 25.5 Å². The molecule has 0 fully saturated rings. The minimum atomic E-state index is -0.495. The molecule has 2 aromatic carbocycles. The Morgan fingerprint density at radius 2 is 1.78 bits per heavy atom. The predicted octanol–water partition coefficient (Wildman–Crippen LogP) is 2.50. The topological polar surface area (TPSA) is 93.4 Å². The van der Waals surface area contributed by atoms with Gasteiger partial charge in [0.1, 0.15) is 5.75 Å². The van der Waals surface area contributed by atoms with Crippen molar-refractivity contribution in [2.24, 2.45) is 5.73 Å². The van der Waals surface area contributed by atoms with E-state index in [2.05, 4.69) is 10.6 Å². The molecule has 2 aromatic rings. The number of halogens is 1. The van der Waals surface area contributed by atoms with Gasteiger partial charge in [0.2, 0.25) is 11.8 Å². The molecular formula is C16H16ClN3O3. The first-order chi connectivity index (χ1) is 11.0. The first-order valence-corrected chi connectivity index (χ1v) is 7.14. The van der Waals surface area contributed by atoms with Crippen LogP contribution in [0.1, 0.15) is 10.4 Å². The van der Waals surface area contributed by atoms with Crippen LogP contribution in [0.5, 0.6) is 5.75 Å². The van der Waals surface area contributed by atoms with Crippen molar-refractivity contribution in [3.8, 4) is 5.75 Å². The van der Waals surface area contributed by atoms with Gasteiger partial charge in [0.25, 0.3) is 0 Å². The van der Waals surface area contributed by atoms with Gasteiger partial charge in [-0.15, -0.1) is 0 Å². The molecule has 4 N–H and O–H groups in total. The maximum atomic E-state index is 11.9.